The maximum Gasteiger partial charge on any atom is 0.159 e. The smallest absolute Gasteiger partial charge is 0.159 e. The molecule has 35 heavy (non-hydrogen) atoms. The number of fused-ring (bicyclic) bond motifs is 1. The fourth-order valence-electron chi connectivity index (χ4n) is 7.42. The van der Waals surface area contributed by atoms with Crippen LogP contribution in [0.2, 0.25) is 0 Å². The number of ether oxygens (including phenoxy) is 2. The van der Waals surface area contributed by atoms with E-state index in [9.17, 15) is 5.11 Å². The fourth-order valence-corrected chi connectivity index (χ4v) is 7.42. The molecule has 2 aliphatic carbocycles. The summed E-state index contributed by atoms with van der Waals surface area (Å²) in [7, 11) is 3.49. The van der Waals surface area contributed by atoms with Gasteiger partial charge in [0.15, 0.2) is 6.29 Å². The number of aryl methyl sites for hydroxylation is 2. The molecule has 1 heterocycles. The van der Waals surface area contributed by atoms with E-state index in [0.29, 0.717) is 23.5 Å². The summed E-state index contributed by atoms with van der Waals surface area (Å²) in [5.41, 5.74) is 7.03. The Hall–Kier alpha value is -2.04. The van der Waals surface area contributed by atoms with Gasteiger partial charge in [-0.3, -0.25) is 0 Å². The van der Waals surface area contributed by atoms with Crippen molar-refractivity contribution in [3.8, 4) is 5.75 Å². The Balaban J connectivity index is 1.40. The van der Waals surface area contributed by atoms with E-state index in [0.717, 1.165) is 38.3 Å². The molecule has 0 aromatic heterocycles. The number of anilines is 1. The molecule has 1 saturated carbocycles. The number of phenolic OH excluding ortho intramolecular Hbond substituents is 1. The van der Waals surface area contributed by atoms with E-state index in [4.69, 9.17) is 9.47 Å². The molecule has 190 valence electrons. The quantitative estimate of drug-likeness (QED) is 0.464. The number of phenols is 1. The number of piperidine rings is 1. The summed E-state index contributed by atoms with van der Waals surface area (Å²) in [6.07, 6.45) is 11.4. The predicted octanol–water partition coefficient (Wildman–Crippen LogP) is 6.81. The van der Waals surface area contributed by atoms with Crippen LogP contribution in [0.25, 0.3) is 0 Å². The Morgan fingerprint density at radius 3 is 2.26 bits per heavy atom. The highest BCUT2D eigenvalue weighted by atomic mass is 16.7. The average molecular weight is 478 g/mol. The molecule has 4 heteroatoms. The zero-order valence-corrected chi connectivity index (χ0v) is 21.8. The van der Waals surface area contributed by atoms with E-state index in [2.05, 4.69) is 36.1 Å². The van der Waals surface area contributed by atoms with Gasteiger partial charge in [0.05, 0.1) is 0 Å². The van der Waals surface area contributed by atoms with Crippen LogP contribution in [0.4, 0.5) is 5.69 Å². The monoisotopic (exact) mass is 477 g/mol. The number of rotatable bonds is 6. The summed E-state index contributed by atoms with van der Waals surface area (Å²) in [6, 6.07) is 13.3. The van der Waals surface area contributed by atoms with Crippen molar-refractivity contribution in [3.05, 3.63) is 58.7 Å². The van der Waals surface area contributed by atoms with Gasteiger partial charge < -0.3 is 19.5 Å². The molecule has 0 radical (unpaired) electrons. The van der Waals surface area contributed by atoms with Crippen molar-refractivity contribution in [2.45, 2.75) is 76.9 Å². The van der Waals surface area contributed by atoms with Gasteiger partial charge >= 0.3 is 0 Å². The van der Waals surface area contributed by atoms with Crippen LogP contribution < -0.4 is 4.90 Å². The molecule has 0 unspecified atom stereocenters. The summed E-state index contributed by atoms with van der Waals surface area (Å²) in [6.45, 7) is 4.40. The molecule has 1 saturated heterocycles. The summed E-state index contributed by atoms with van der Waals surface area (Å²) in [4.78, 5) is 2.53. The molecule has 2 fully saturated rings. The number of hydrogen-bond donors (Lipinski definition) is 1. The van der Waals surface area contributed by atoms with Crippen LogP contribution in [0, 0.1) is 24.7 Å². The van der Waals surface area contributed by atoms with Gasteiger partial charge in [0.2, 0.25) is 0 Å². The van der Waals surface area contributed by atoms with Gasteiger partial charge in [-0.25, -0.2) is 0 Å². The zero-order valence-electron chi connectivity index (χ0n) is 21.8. The maximum atomic E-state index is 10.2. The van der Waals surface area contributed by atoms with E-state index < -0.39 is 0 Å². The predicted molar refractivity (Wildman–Crippen MR) is 142 cm³/mol. The minimum Gasteiger partial charge on any atom is -0.508 e. The minimum atomic E-state index is -0.0937. The number of benzene rings is 2. The van der Waals surface area contributed by atoms with E-state index in [1.165, 1.54) is 66.5 Å². The second-order valence-electron chi connectivity index (χ2n) is 11.2. The molecule has 2 atom stereocenters. The molecule has 0 spiro atoms. The largest absolute Gasteiger partial charge is 0.508 e. The van der Waals surface area contributed by atoms with Gasteiger partial charge in [0.1, 0.15) is 5.75 Å². The first kappa shape index (κ1) is 24.6. The molecule has 3 aliphatic rings. The summed E-state index contributed by atoms with van der Waals surface area (Å²) >= 11 is 0. The SMILES string of the molecule is COC(OC)C1CCN(c2ccc([C@H]3c4ccc(O)cc4CC[C@H]3C3CCCCC3)c(C)c2)CC1. The second kappa shape index (κ2) is 10.9. The van der Waals surface area contributed by atoms with Crippen LogP contribution in [0.5, 0.6) is 5.75 Å². The van der Waals surface area contributed by atoms with Crippen LogP contribution in [0.15, 0.2) is 36.4 Å². The highest BCUT2D eigenvalue weighted by Crippen LogP contribution is 2.49. The van der Waals surface area contributed by atoms with Crippen molar-refractivity contribution in [1.29, 1.82) is 0 Å². The van der Waals surface area contributed by atoms with Crippen LogP contribution in [0.1, 0.15) is 79.5 Å². The van der Waals surface area contributed by atoms with Crippen LogP contribution >= 0.6 is 0 Å². The van der Waals surface area contributed by atoms with Crippen molar-refractivity contribution in [2.24, 2.45) is 17.8 Å². The third-order valence-electron chi connectivity index (χ3n) is 9.23. The van der Waals surface area contributed by atoms with Crippen molar-refractivity contribution < 1.29 is 14.6 Å². The van der Waals surface area contributed by atoms with E-state index in [1.54, 1.807) is 14.2 Å². The number of aromatic hydroxyl groups is 1. The van der Waals surface area contributed by atoms with Gasteiger partial charge in [-0.1, -0.05) is 44.2 Å². The molecular formula is C31H43NO3. The topological polar surface area (TPSA) is 41.9 Å². The Bertz CT molecular complexity index is 987. The molecular weight excluding hydrogens is 434 g/mol. The number of methoxy groups -OCH3 is 2. The first-order valence-corrected chi connectivity index (χ1v) is 13.8. The van der Waals surface area contributed by atoms with Gasteiger partial charge in [0, 0.05) is 44.8 Å². The van der Waals surface area contributed by atoms with Crippen LogP contribution in [-0.4, -0.2) is 38.7 Å². The number of nitrogens with zero attached hydrogens (tertiary/aromatic N) is 1. The fraction of sp³-hybridized carbons (Fsp3) is 0.613. The normalized spacial score (nSPS) is 24.1. The molecule has 4 nitrogen and oxygen atoms in total. The maximum absolute atomic E-state index is 10.2. The van der Waals surface area contributed by atoms with E-state index in [1.807, 2.05) is 12.1 Å². The Morgan fingerprint density at radius 2 is 1.57 bits per heavy atom. The van der Waals surface area contributed by atoms with Gasteiger partial charge in [0.25, 0.3) is 0 Å². The van der Waals surface area contributed by atoms with Crippen molar-refractivity contribution in [2.75, 3.05) is 32.2 Å². The van der Waals surface area contributed by atoms with Crippen molar-refractivity contribution in [3.63, 3.8) is 0 Å². The van der Waals surface area contributed by atoms with E-state index in [-0.39, 0.29) is 6.29 Å². The summed E-state index contributed by atoms with van der Waals surface area (Å²) in [5.74, 6) is 2.83. The molecule has 2 aromatic rings. The summed E-state index contributed by atoms with van der Waals surface area (Å²) < 4.78 is 11.0. The average Bonchev–Trinajstić information content (AvgIpc) is 2.89. The Morgan fingerprint density at radius 1 is 0.857 bits per heavy atom. The number of hydrogen-bond acceptors (Lipinski definition) is 4. The third-order valence-corrected chi connectivity index (χ3v) is 9.23. The molecule has 0 amide bonds. The van der Waals surface area contributed by atoms with Gasteiger partial charge in [-0.2, -0.15) is 0 Å². The molecule has 2 aromatic carbocycles. The van der Waals surface area contributed by atoms with Gasteiger partial charge in [-0.05, 0) is 91.0 Å². The Kier molecular flexibility index (Phi) is 7.69. The zero-order chi connectivity index (χ0) is 24.4. The Labute approximate surface area is 211 Å². The van der Waals surface area contributed by atoms with Gasteiger partial charge in [-0.15, -0.1) is 0 Å². The highest BCUT2D eigenvalue weighted by Gasteiger charge is 2.37. The van der Waals surface area contributed by atoms with Crippen molar-refractivity contribution in [1.82, 2.24) is 0 Å². The molecule has 0 bridgehead atoms. The highest BCUT2D eigenvalue weighted by molar-refractivity contribution is 5.54. The third kappa shape index (κ3) is 5.11. The summed E-state index contributed by atoms with van der Waals surface area (Å²) in [5, 5.41) is 10.2. The lowest BCUT2D eigenvalue weighted by molar-refractivity contribution is -0.141. The standard InChI is InChI=1S/C31H43NO3/c1-21-19-25(32-17-15-23(16-18-32)31(34-2)35-3)10-13-27(21)30-28(22-7-5-4-6-8-22)12-9-24-20-26(33)11-14-29(24)30/h10-11,13-14,19-20,22-23,28,30-31,33H,4-9,12,15-18H2,1-3H3/t28-,30+/m0/s1. The lowest BCUT2D eigenvalue weighted by atomic mass is 9.63. The molecule has 1 N–H and O–H groups in total. The first-order valence-electron chi connectivity index (χ1n) is 13.8. The van der Waals surface area contributed by atoms with Crippen molar-refractivity contribution >= 4 is 5.69 Å². The van der Waals surface area contributed by atoms with Crippen LogP contribution in [0.3, 0.4) is 0 Å². The van der Waals surface area contributed by atoms with Crippen LogP contribution in [-0.2, 0) is 15.9 Å². The molecule has 1 aliphatic heterocycles. The first-order chi connectivity index (χ1) is 17.1. The lowest BCUT2D eigenvalue weighted by Crippen LogP contribution is -2.39. The minimum absolute atomic E-state index is 0.0937. The van der Waals surface area contributed by atoms with E-state index >= 15 is 0 Å². The second-order valence-corrected chi connectivity index (χ2v) is 11.2. The molecule has 5 rings (SSSR count). The lowest BCUT2D eigenvalue weighted by Gasteiger charge is -2.41.